The zero-order valence-electron chi connectivity index (χ0n) is 21.6. The number of hydrogen-bond acceptors (Lipinski definition) is 4. The molecule has 0 aliphatic carbocycles. The van der Waals surface area contributed by atoms with Gasteiger partial charge in [0.05, 0.1) is 17.3 Å². The summed E-state index contributed by atoms with van der Waals surface area (Å²) in [7, 11) is 0. The van der Waals surface area contributed by atoms with Gasteiger partial charge >= 0.3 is 0 Å². The maximum atomic E-state index is 13.2. The summed E-state index contributed by atoms with van der Waals surface area (Å²) in [5, 5.41) is 9.07. The minimum atomic E-state index is -0.108. The third kappa shape index (κ3) is 5.84. The molecule has 1 aromatic carbocycles. The van der Waals surface area contributed by atoms with E-state index in [2.05, 4.69) is 33.7 Å². The van der Waals surface area contributed by atoms with Gasteiger partial charge in [-0.05, 0) is 63.6 Å². The largest absolute Gasteiger partial charge is 0.356 e. The van der Waals surface area contributed by atoms with E-state index >= 15 is 0 Å². The van der Waals surface area contributed by atoms with Crippen molar-refractivity contribution < 1.29 is 4.79 Å². The molecule has 2 unspecified atom stereocenters. The number of likely N-dealkylation sites (tertiary alicyclic amines) is 1. The van der Waals surface area contributed by atoms with Crippen LogP contribution >= 0.6 is 0 Å². The summed E-state index contributed by atoms with van der Waals surface area (Å²) in [5.41, 5.74) is 2.60. The molecule has 1 saturated heterocycles. The Labute approximate surface area is 208 Å². The fraction of sp³-hybridized carbons (Fsp3) is 0.536. The Morgan fingerprint density at radius 1 is 1.03 bits per heavy atom. The number of fused-ring (bicyclic) bond motifs is 1. The highest BCUT2D eigenvalue weighted by Crippen LogP contribution is 2.23. The van der Waals surface area contributed by atoms with Gasteiger partial charge in [-0.1, -0.05) is 32.0 Å². The Hall–Kier alpha value is -2.93. The number of rotatable bonds is 9. The third-order valence-electron chi connectivity index (χ3n) is 7.24. The number of hydrogen-bond donors (Lipinski definition) is 1. The second-order valence-electron chi connectivity index (χ2n) is 10.3. The van der Waals surface area contributed by atoms with Gasteiger partial charge in [-0.15, -0.1) is 0 Å². The van der Waals surface area contributed by atoms with E-state index in [4.69, 9.17) is 0 Å². The van der Waals surface area contributed by atoms with Gasteiger partial charge in [-0.3, -0.25) is 9.59 Å². The van der Waals surface area contributed by atoms with E-state index in [1.165, 1.54) is 24.2 Å². The first-order chi connectivity index (χ1) is 16.8. The van der Waals surface area contributed by atoms with Crippen molar-refractivity contribution in [2.24, 2.45) is 11.8 Å². The number of aryl methyl sites for hydroxylation is 2. The maximum Gasteiger partial charge on any atom is 0.281 e. The van der Waals surface area contributed by atoms with Crippen LogP contribution in [0.15, 0.2) is 41.3 Å². The Morgan fingerprint density at radius 2 is 1.74 bits per heavy atom. The molecule has 1 aliphatic rings. The Morgan fingerprint density at radius 3 is 2.46 bits per heavy atom. The molecule has 188 valence electrons. The lowest BCUT2D eigenvalue weighted by molar-refractivity contribution is -0.121. The Bertz CT molecular complexity index is 1200. The number of para-hydroxylation sites is 1. The summed E-state index contributed by atoms with van der Waals surface area (Å²) in [4.78, 5) is 28.1. The van der Waals surface area contributed by atoms with E-state index < -0.39 is 0 Å². The topological polar surface area (TPSA) is 72.2 Å². The Kier molecular flexibility index (Phi) is 8.06. The number of amides is 1. The molecule has 2 aromatic heterocycles. The van der Waals surface area contributed by atoms with Crippen LogP contribution in [0.3, 0.4) is 0 Å². The van der Waals surface area contributed by atoms with Gasteiger partial charge in [0, 0.05) is 49.4 Å². The lowest BCUT2D eigenvalue weighted by atomic mass is 9.92. The standard InChI is InChI=1S/C28H39N5O2/c1-20-16-21(2)19-31(18-20)14-9-13-29-26(34)12-8-15-32-22(3)25-17-30-33(24-10-6-5-7-11-24)28(35)27(25)23(32)4/h5-7,10-11,17,20-21H,8-9,12-16,18-19H2,1-4H3,(H,29,34). The minimum absolute atomic E-state index is 0.102. The van der Waals surface area contributed by atoms with Gasteiger partial charge in [0.1, 0.15) is 0 Å². The number of aromatic nitrogens is 3. The van der Waals surface area contributed by atoms with Gasteiger partial charge in [0.25, 0.3) is 5.56 Å². The lowest BCUT2D eigenvalue weighted by Crippen LogP contribution is -2.40. The van der Waals surface area contributed by atoms with Crippen molar-refractivity contribution in [2.75, 3.05) is 26.2 Å². The fourth-order valence-corrected chi connectivity index (χ4v) is 5.69. The molecule has 3 aromatic rings. The van der Waals surface area contributed by atoms with Crippen molar-refractivity contribution in [2.45, 2.75) is 59.9 Å². The highest BCUT2D eigenvalue weighted by molar-refractivity contribution is 5.87. The summed E-state index contributed by atoms with van der Waals surface area (Å²) >= 11 is 0. The first-order valence-corrected chi connectivity index (χ1v) is 13.0. The molecule has 7 nitrogen and oxygen atoms in total. The van der Waals surface area contributed by atoms with E-state index in [0.29, 0.717) is 18.4 Å². The second-order valence-corrected chi connectivity index (χ2v) is 10.3. The minimum Gasteiger partial charge on any atom is -0.356 e. The van der Waals surface area contributed by atoms with Crippen molar-refractivity contribution in [3.05, 3.63) is 58.3 Å². The van der Waals surface area contributed by atoms with Crippen LogP contribution in [-0.2, 0) is 11.3 Å². The third-order valence-corrected chi connectivity index (χ3v) is 7.24. The SMILES string of the molecule is Cc1c2cnn(-c3ccccc3)c(=O)c2c(C)n1CCCC(=O)NCCCN1CC(C)CC(C)C1. The molecule has 1 N–H and O–H groups in total. The number of nitrogens with one attached hydrogen (secondary N) is 1. The average molecular weight is 478 g/mol. The van der Waals surface area contributed by atoms with E-state index in [9.17, 15) is 9.59 Å². The molecule has 3 heterocycles. The highest BCUT2D eigenvalue weighted by Gasteiger charge is 2.21. The van der Waals surface area contributed by atoms with Crippen molar-refractivity contribution in [3.8, 4) is 5.69 Å². The molecule has 35 heavy (non-hydrogen) atoms. The maximum absolute atomic E-state index is 13.2. The fourth-order valence-electron chi connectivity index (χ4n) is 5.69. The molecular formula is C28H39N5O2. The van der Waals surface area contributed by atoms with Crippen molar-refractivity contribution >= 4 is 16.7 Å². The molecule has 1 amide bonds. The summed E-state index contributed by atoms with van der Waals surface area (Å²) in [6, 6.07) is 9.48. The number of benzene rings is 1. The first kappa shape index (κ1) is 25.2. The molecule has 4 rings (SSSR count). The number of nitrogens with zero attached hydrogens (tertiary/aromatic N) is 4. The van der Waals surface area contributed by atoms with Gasteiger partial charge in [-0.2, -0.15) is 9.78 Å². The van der Waals surface area contributed by atoms with Crippen LogP contribution in [0, 0.1) is 25.7 Å². The predicted molar refractivity (Wildman–Crippen MR) is 141 cm³/mol. The average Bonchev–Trinajstić information content (AvgIpc) is 3.07. The molecule has 2 atom stereocenters. The van der Waals surface area contributed by atoms with Crippen LogP contribution < -0.4 is 10.9 Å². The van der Waals surface area contributed by atoms with Crippen LogP contribution in [0.5, 0.6) is 0 Å². The molecular weight excluding hydrogens is 438 g/mol. The number of piperidine rings is 1. The van der Waals surface area contributed by atoms with Gasteiger partial charge in [-0.25, -0.2) is 0 Å². The Balaban J connectivity index is 1.30. The first-order valence-electron chi connectivity index (χ1n) is 13.0. The summed E-state index contributed by atoms with van der Waals surface area (Å²) in [6.45, 7) is 13.5. The van der Waals surface area contributed by atoms with Gasteiger partial charge in [0.2, 0.25) is 5.91 Å². The second kappa shape index (κ2) is 11.2. The molecule has 7 heteroatoms. The molecule has 0 saturated carbocycles. The zero-order valence-corrected chi connectivity index (χ0v) is 21.6. The lowest BCUT2D eigenvalue weighted by Gasteiger charge is -2.34. The predicted octanol–water partition coefficient (Wildman–Crippen LogP) is 4.07. The van der Waals surface area contributed by atoms with E-state index in [1.807, 2.05) is 44.2 Å². The van der Waals surface area contributed by atoms with Gasteiger partial charge in [0.15, 0.2) is 0 Å². The molecule has 1 aliphatic heterocycles. The van der Waals surface area contributed by atoms with E-state index in [-0.39, 0.29) is 11.5 Å². The van der Waals surface area contributed by atoms with Crippen LogP contribution in [0.1, 0.15) is 50.9 Å². The number of carbonyl (C=O) groups is 1. The molecule has 0 spiro atoms. The van der Waals surface area contributed by atoms with Crippen LogP contribution in [0.2, 0.25) is 0 Å². The summed E-state index contributed by atoms with van der Waals surface area (Å²) in [5.74, 6) is 1.63. The van der Waals surface area contributed by atoms with Crippen LogP contribution in [-0.4, -0.2) is 51.3 Å². The zero-order chi connectivity index (χ0) is 24.9. The van der Waals surface area contributed by atoms with Crippen molar-refractivity contribution in [1.82, 2.24) is 24.6 Å². The number of carbonyl (C=O) groups excluding carboxylic acids is 1. The summed E-state index contributed by atoms with van der Waals surface area (Å²) < 4.78 is 3.60. The van der Waals surface area contributed by atoms with Crippen LogP contribution in [0.4, 0.5) is 0 Å². The quantitative estimate of drug-likeness (QED) is 0.472. The van der Waals surface area contributed by atoms with E-state index in [1.54, 1.807) is 6.20 Å². The molecule has 0 bridgehead atoms. The van der Waals surface area contributed by atoms with Crippen LogP contribution in [0.25, 0.3) is 16.5 Å². The molecule has 0 radical (unpaired) electrons. The molecule has 1 fully saturated rings. The summed E-state index contributed by atoms with van der Waals surface area (Å²) in [6.07, 6.45) is 5.31. The monoisotopic (exact) mass is 477 g/mol. The van der Waals surface area contributed by atoms with Crippen molar-refractivity contribution in [3.63, 3.8) is 0 Å². The van der Waals surface area contributed by atoms with Gasteiger partial charge < -0.3 is 14.8 Å². The smallest absolute Gasteiger partial charge is 0.281 e. The highest BCUT2D eigenvalue weighted by atomic mass is 16.1. The normalized spacial score (nSPS) is 18.7. The van der Waals surface area contributed by atoms with Crippen molar-refractivity contribution in [1.29, 1.82) is 0 Å². The van der Waals surface area contributed by atoms with E-state index in [0.717, 1.165) is 60.2 Å².